The molecule has 0 bridgehead atoms. The number of carbonyl (C=O) groups excluding carboxylic acids is 3. The number of fused-ring (bicyclic) bond motifs is 2. The molecule has 85 heavy (non-hydrogen) atoms. The molecular weight excluding hydrogens is 1070 g/mol. The zero-order chi connectivity index (χ0) is 59.5. The molecule has 0 aromatic heterocycles. The third-order valence-electron chi connectivity index (χ3n) is 14.5. The number of hydrogen-bond donors (Lipinski definition) is 0. The minimum absolute atomic E-state index is 0.0262. The van der Waals surface area contributed by atoms with Crippen LogP contribution in [0.1, 0.15) is 159 Å². The summed E-state index contributed by atoms with van der Waals surface area (Å²) in [6.45, 7) is 12.1. The number of ether oxygens (including phenoxy) is 8. The Morgan fingerprint density at radius 3 is 1.25 bits per heavy atom. The molecule has 0 saturated carbocycles. The van der Waals surface area contributed by atoms with E-state index >= 15 is 0 Å². The van der Waals surface area contributed by atoms with E-state index in [1.807, 2.05) is 97.1 Å². The molecule has 0 radical (unpaired) electrons. The van der Waals surface area contributed by atoms with Gasteiger partial charge in [0.1, 0.15) is 34.3 Å². The van der Waals surface area contributed by atoms with Crippen molar-refractivity contribution >= 4 is 39.5 Å². The van der Waals surface area contributed by atoms with E-state index in [-0.39, 0.29) is 23.7 Å². The van der Waals surface area contributed by atoms with Crippen LogP contribution in [0.5, 0.6) is 28.7 Å². The Balaban J connectivity index is 0.889. The smallest absolute Gasteiger partial charge is 0.343 e. The van der Waals surface area contributed by atoms with Crippen LogP contribution in [0.25, 0.3) is 32.7 Å². The van der Waals surface area contributed by atoms with Crippen LogP contribution in [-0.2, 0) is 14.2 Å². The van der Waals surface area contributed by atoms with E-state index in [2.05, 4.69) is 19.2 Å². The molecule has 0 spiro atoms. The van der Waals surface area contributed by atoms with Crippen molar-refractivity contribution in [1.29, 1.82) is 5.26 Å². The number of nitriles is 1. The first-order valence-corrected chi connectivity index (χ1v) is 30.5. The van der Waals surface area contributed by atoms with Gasteiger partial charge >= 0.3 is 17.9 Å². The summed E-state index contributed by atoms with van der Waals surface area (Å²) in [5.41, 5.74) is 3.29. The second kappa shape index (κ2) is 37.2. The monoisotopic (exact) mass is 1150 g/mol. The maximum absolute atomic E-state index is 13.9. The van der Waals surface area contributed by atoms with E-state index in [0.717, 1.165) is 140 Å². The van der Waals surface area contributed by atoms with E-state index in [4.69, 9.17) is 43.2 Å². The molecule has 0 aliphatic carbocycles. The molecule has 12 heteroatoms. The lowest BCUT2D eigenvalue weighted by molar-refractivity contribution is 0.0490. The number of unbranched alkanes of at least 4 members (excludes halogenated alkanes) is 16. The lowest BCUT2D eigenvalue weighted by atomic mass is 10.0. The number of carbonyl (C=O) groups is 3. The fraction of sp³-hybridized carbons (Fsp3) is 0.370. The van der Waals surface area contributed by atoms with E-state index in [9.17, 15) is 14.4 Å². The molecule has 0 aliphatic rings. The third-order valence-corrected chi connectivity index (χ3v) is 14.5. The molecule has 0 N–H and O–H groups in total. The maximum atomic E-state index is 13.9. The van der Waals surface area contributed by atoms with Crippen LogP contribution in [0.15, 0.2) is 165 Å². The maximum Gasteiger partial charge on any atom is 0.343 e. The van der Waals surface area contributed by atoms with Gasteiger partial charge in [0, 0.05) is 13.2 Å². The van der Waals surface area contributed by atoms with Crippen LogP contribution in [0.2, 0.25) is 0 Å². The summed E-state index contributed by atoms with van der Waals surface area (Å²) < 4.78 is 46.6. The predicted octanol–water partition coefficient (Wildman–Crippen LogP) is 17.8. The second-order valence-corrected chi connectivity index (χ2v) is 21.2. The van der Waals surface area contributed by atoms with Gasteiger partial charge in [0.2, 0.25) is 0 Å². The standard InChI is InChI=1S/C73H83NO11/c1-3-42-78-44-18-12-8-6-5-7-9-13-21-47-81-66-39-35-60-51-64(31-29-62(60)53-66)72(76)85-70-41-40-68(84-71(75)63-30-28-61-52-67(38-34-59(61)50-63)82-48-22-17-16-19-45-79-43-4-2)54-69(70)73(77)83-49-23-15-11-10-14-20-46-80-65-36-32-58(33-37-65)57-26-24-56(55-74)25-27-57/h3-4,24-41,50-54H,1-2,5-23,42-49H2. The lowest BCUT2D eigenvalue weighted by Gasteiger charge is -2.13. The molecule has 0 fully saturated rings. The number of hydrogen-bond acceptors (Lipinski definition) is 12. The molecule has 0 saturated heterocycles. The highest BCUT2D eigenvalue weighted by atomic mass is 16.6. The van der Waals surface area contributed by atoms with Crippen LogP contribution in [0.3, 0.4) is 0 Å². The van der Waals surface area contributed by atoms with E-state index in [1.165, 1.54) is 56.7 Å². The average molecular weight is 1150 g/mol. The summed E-state index contributed by atoms with van der Waals surface area (Å²) in [4.78, 5) is 41.3. The third kappa shape index (κ3) is 22.7. The molecule has 0 unspecified atom stereocenters. The zero-order valence-corrected chi connectivity index (χ0v) is 49.4. The van der Waals surface area contributed by atoms with Crippen molar-refractivity contribution < 1.29 is 52.3 Å². The minimum Gasteiger partial charge on any atom is -0.494 e. The number of nitrogens with zero attached hydrogens (tertiary/aromatic N) is 1. The van der Waals surface area contributed by atoms with Crippen LogP contribution in [0.4, 0.5) is 0 Å². The Hall–Kier alpha value is -8.24. The van der Waals surface area contributed by atoms with Crippen molar-refractivity contribution in [2.75, 3.05) is 52.9 Å². The molecule has 7 rings (SSSR count). The fourth-order valence-corrected chi connectivity index (χ4v) is 9.77. The summed E-state index contributed by atoms with van der Waals surface area (Å²) in [7, 11) is 0. The van der Waals surface area contributed by atoms with Crippen molar-refractivity contribution in [3.63, 3.8) is 0 Å². The summed E-state index contributed by atoms with van der Waals surface area (Å²) in [5, 5.41) is 12.6. The summed E-state index contributed by atoms with van der Waals surface area (Å²) in [6.07, 6.45) is 23.6. The zero-order valence-electron chi connectivity index (χ0n) is 49.4. The fourth-order valence-electron chi connectivity index (χ4n) is 9.77. The van der Waals surface area contributed by atoms with Gasteiger partial charge in [0.15, 0.2) is 0 Å². The van der Waals surface area contributed by atoms with Crippen LogP contribution in [-0.4, -0.2) is 70.8 Å². The minimum atomic E-state index is -0.709. The highest BCUT2D eigenvalue weighted by Crippen LogP contribution is 2.30. The second-order valence-electron chi connectivity index (χ2n) is 21.2. The van der Waals surface area contributed by atoms with Gasteiger partial charge in [-0.2, -0.15) is 5.26 Å². The van der Waals surface area contributed by atoms with Gasteiger partial charge < -0.3 is 37.9 Å². The van der Waals surface area contributed by atoms with Crippen molar-refractivity contribution in [3.05, 3.63) is 187 Å². The topological polar surface area (TPSA) is 149 Å². The Bertz CT molecular complexity index is 3240. The molecule has 0 heterocycles. The van der Waals surface area contributed by atoms with Crippen molar-refractivity contribution in [3.8, 4) is 45.9 Å². The van der Waals surface area contributed by atoms with Gasteiger partial charge in [-0.1, -0.05) is 138 Å². The Morgan fingerprint density at radius 1 is 0.376 bits per heavy atom. The van der Waals surface area contributed by atoms with Gasteiger partial charge in [-0.3, -0.25) is 0 Å². The molecule has 0 atom stereocenters. The van der Waals surface area contributed by atoms with Gasteiger partial charge in [-0.25, -0.2) is 14.4 Å². The molecular formula is C73H83NO11. The van der Waals surface area contributed by atoms with Crippen molar-refractivity contribution in [2.45, 2.75) is 122 Å². The van der Waals surface area contributed by atoms with Gasteiger partial charge in [-0.15, -0.1) is 13.2 Å². The summed E-state index contributed by atoms with van der Waals surface area (Å²) >= 11 is 0. The molecule has 0 amide bonds. The Kier molecular flexibility index (Phi) is 28.1. The molecule has 0 aliphatic heterocycles. The van der Waals surface area contributed by atoms with Gasteiger partial charge in [0.25, 0.3) is 0 Å². The average Bonchev–Trinajstić information content (AvgIpc) is 3.65. The highest BCUT2D eigenvalue weighted by Gasteiger charge is 2.21. The molecule has 7 aromatic carbocycles. The number of esters is 3. The van der Waals surface area contributed by atoms with E-state index < -0.39 is 17.9 Å². The normalized spacial score (nSPS) is 11.0. The Morgan fingerprint density at radius 2 is 0.765 bits per heavy atom. The largest absolute Gasteiger partial charge is 0.494 e. The van der Waals surface area contributed by atoms with E-state index in [1.54, 1.807) is 36.4 Å². The first-order valence-electron chi connectivity index (χ1n) is 30.5. The molecule has 12 nitrogen and oxygen atoms in total. The summed E-state index contributed by atoms with van der Waals surface area (Å²) in [5.74, 6) is 0.396. The lowest BCUT2D eigenvalue weighted by Crippen LogP contribution is -2.14. The Labute approximate surface area is 502 Å². The first kappa shape index (κ1) is 64.3. The van der Waals surface area contributed by atoms with Crippen molar-refractivity contribution in [1.82, 2.24) is 0 Å². The number of benzene rings is 7. The van der Waals surface area contributed by atoms with E-state index in [0.29, 0.717) is 56.1 Å². The van der Waals surface area contributed by atoms with Crippen LogP contribution in [0, 0.1) is 11.3 Å². The predicted molar refractivity (Wildman–Crippen MR) is 337 cm³/mol. The van der Waals surface area contributed by atoms with Gasteiger partial charge in [0.05, 0.1) is 62.4 Å². The quantitative estimate of drug-likeness (QED) is 0.0155. The van der Waals surface area contributed by atoms with Crippen molar-refractivity contribution in [2.24, 2.45) is 0 Å². The van der Waals surface area contributed by atoms with Gasteiger partial charge in [-0.05, 0) is 169 Å². The SMILES string of the molecule is C=CCOCCCCCCCCCCCOc1ccc2cc(C(=O)Oc3ccc(OC(=O)c4ccc5cc(OCCCCCCOCC=C)ccc5c4)cc3C(=O)OCCCCCCCCOc3ccc(-c4ccc(C#N)cc4)cc3)ccc2c1. The number of rotatable bonds is 41. The highest BCUT2D eigenvalue weighted by molar-refractivity contribution is 6.00. The van der Waals surface area contributed by atoms with Crippen LogP contribution < -0.4 is 23.7 Å². The molecule has 7 aromatic rings. The van der Waals surface area contributed by atoms with Crippen LogP contribution >= 0.6 is 0 Å². The summed E-state index contributed by atoms with van der Waals surface area (Å²) in [6, 6.07) is 44.1. The first-order chi connectivity index (χ1) is 41.8. The molecule has 446 valence electrons.